The van der Waals surface area contributed by atoms with E-state index >= 15 is 0 Å². The van der Waals surface area contributed by atoms with Crippen molar-refractivity contribution >= 4 is 28.5 Å². The van der Waals surface area contributed by atoms with Crippen molar-refractivity contribution in [1.29, 1.82) is 0 Å². The van der Waals surface area contributed by atoms with E-state index in [9.17, 15) is 24.0 Å². The molecule has 2 aliphatic rings. The molecule has 0 radical (unpaired) electrons. The van der Waals surface area contributed by atoms with Crippen LogP contribution in [0.1, 0.15) is 84.8 Å². The summed E-state index contributed by atoms with van der Waals surface area (Å²) in [6.45, 7) is 4.24. The Labute approximate surface area is 356 Å². The first-order valence-electron chi connectivity index (χ1n) is 21.6. The molecule has 0 bridgehead atoms. The number of aromatic nitrogens is 3. The van der Waals surface area contributed by atoms with Crippen LogP contribution in [0.2, 0.25) is 0 Å². The van der Waals surface area contributed by atoms with E-state index in [-0.39, 0.29) is 30.8 Å². The Kier molecular flexibility index (Phi) is 14.1. The van der Waals surface area contributed by atoms with Crippen LogP contribution in [-0.2, 0) is 40.4 Å². The predicted octanol–water partition coefficient (Wildman–Crippen LogP) is 4.62. The van der Waals surface area contributed by atoms with E-state index in [1.165, 1.54) is 25.1 Å². The van der Waals surface area contributed by atoms with Gasteiger partial charge in [0.2, 0.25) is 17.7 Å². The third-order valence-electron chi connectivity index (χ3n) is 12.2. The van der Waals surface area contributed by atoms with Crippen molar-refractivity contribution in [1.82, 2.24) is 29.5 Å². The maximum absolute atomic E-state index is 14.4. The Hall–Kier alpha value is -6.05. The zero-order valence-corrected chi connectivity index (χ0v) is 35.0. The van der Waals surface area contributed by atoms with Crippen LogP contribution in [0.15, 0.2) is 113 Å². The molecule has 2 unspecified atom stereocenters. The Balaban J connectivity index is 0.966. The summed E-state index contributed by atoms with van der Waals surface area (Å²) in [6, 6.07) is 27.5. The SMILES string of the molecule is Cc1ccc(CCCC(=O)NCCCC[C@@H](N)C(=O)N2CCC(C3C=CC(C(=O)NCc4ccc(CN)cc4)n4c(=O)n(Cc5cccc6ccccc56)c(=O)n43)CC2)cc1. The van der Waals surface area contributed by atoms with Crippen LogP contribution in [-0.4, -0.2) is 62.2 Å². The van der Waals surface area contributed by atoms with Crippen LogP contribution in [0.25, 0.3) is 10.8 Å². The first-order chi connectivity index (χ1) is 29.6. The number of hydrogen-bond acceptors (Lipinski definition) is 7. The second kappa shape index (κ2) is 20.0. The van der Waals surface area contributed by atoms with Gasteiger partial charge in [-0.05, 0) is 90.8 Å². The number of fused-ring (bicyclic) bond motifs is 2. The van der Waals surface area contributed by atoms with Crippen molar-refractivity contribution in [3.05, 3.63) is 152 Å². The minimum Gasteiger partial charge on any atom is -0.356 e. The van der Waals surface area contributed by atoms with Crippen molar-refractivity contribution in [3.63, 3.8) is 0 Å². The first-order valence-corrected chi connectivity index (χ1v) is 21.6. The molecule has 5 aromatic rings. The lowest BCUT2D eigenvalue weighted by Crippen LogP contribution is -2.49. The summed E-state index contributed by atoms with van der Waals surface area (Å²) in [5.41, 5.74) is 16.2. The number of allylic oxidation sites excluding steroid dienone is 1. The van der Waals surface area contributed by atoms with Gasteiger partial charge in [-0.2, -0.15) is 0 Å². The molecule has 13 nitrogen and oxygen atoms in total. The molecule has 1 saturated heterocycles. The summed E-state index contributed by atoms with van der Waals surface area (Å²) in [5.74, 6) is -0.546. The largest absolute Gasteiger partial charge is 0.356 e. The fraction of sp³-hybridized carbons (Fsp3) is 0.396. The molecular weight excluding hydrogens is 769 g/mol. The third kappa shape index (κ3) is 10.3. The van der Waals surface area contributed by atoms with Gasteiger partial charge in [0.1, 0.15) is 0 Å². The van der Waals surface area contributed by atoms with Crippen molar-refractivity contribution in [2.45, 2.75) is 96.1 Å². The summed E-state index contributed by atoms with van der Waals surface area (Å²) >= 11 is 0. The maximum atomic E-state index is 14.4. The third-order valence-corrected chi connectivity index (χ3v) is 12.2. The standard InChI is InChI=1S/C48H58N8O5/c1-33-15-17-34(18-16-33)8-6-14-44(57)51-27-5-4-13-41(50)46(59)53-28-25-38(26-29-53)42-23-24-43(45(58)52-31-36-21-19-35(30-49)20-22-36)56-48(61)54(47(60)55(42)56)32-39-11-7-10-37-9-2-3-12-40(37)39/h2-3,7,9-12,15-24,38,41-43H,4-6,8,13-14,25-32,49-50H2,1H3,(H,51,57)(H,52,58)/t41-,42?,43?/m1/s1. The van der Waals surface area contributed by atoms with Crippen molar-refractivity contribution < 1.29 is 14.4 Å². The quantitative estimate of drug-likeness (QED) is 0.0780. The number of carbonyl (C=O) groups is 3. The van der Waals surface area contributed by atoms with Crippen LogP contribution in [0.3, 0.4) is 0 Å². The highest BCUT2D eigenvalue weighted by molar-refractivity contribution is 5.86. The average molecular weight is 827 g/mol. The van der Waals surface area contributed by atoms with E-state index < -0.39 is 35.4 Å². The van der Waals surface area contributed by atoms with E-state index in [4.69, 9.17) is 11.5 Å². The summed E-state index contributed by atoms with van der Waals surface area (Å²) in [4.78, 5) is 70.2. The Morgan fingerprint density at radius 2 is 1.46 bits per heavy atom. The number of hydrogen-bond donors (Lipinski definition) is 4. The number of piperidine rings is 1. The predicted molar refractivity (Wildman–Crippen MR) is 238 cm³/mol. The number of unbranched alkanes of at least 4 members (excludes halogenated alkanes) is 1. The van der Waals surface area contributed by atoms with Crippen LogP contribution in [0.5, 0.6) is 0 Å². The number of rotatable bonds is 17. The topological polar surface area (TPSA) is 179 Å². The number of benzene rings is 4. The van der Waals surface area contributed by atoms with Gasteiger partial charge in [-0.1, -0.05) is 109 Å². The highest BCUT2D eigenvalue weighted by atomic mass is 16.2. The van der Waals surface area contributed by atoms with E-state index in [1.807, 2.05) is 72.8 Å². The zero-order valence-electron chi connectivity index (χ0n) is 35.0. The van der Waals surface area contributed by atoms with E-state index in [2.05, 4.69) is 41.8 Å². The molecule has 3 heterocycles. The van der Waals surface area contributed by atoms with Crippen molar-refractivity contribution in [2.24, 2.45) is 17.4 Å². The van der Waals surface area contributed by atoms with Gasteiger partial charge in [-0.3, -0.25) is 14.4 Å². The van der Waals surface area contributed by atoms with Gasteiger partial charge < -0.3 is 27.0 Å². The Morgan fingerprint density at radius 3 is 2.21 bits per heavy atom. The highest BCUT2D eigenvalue weighted by Crippen LogP contribution is 2.33. The Bertz CT molecular complexity index is 2450. The Morgan fingerprint density at radius 1 is 0.770 bits per heavy atom. The van der Waals surface area contributed by atoms with E-state index in [1.54, 1.807) is 11.0 Å². The molecule has 0 saturated carbocycles. The number of nitrogens with two attached hydrogens (primary N) is 2. The smallest absolute Gasteiger partial charge is 0.348 e. The van der Waals surface area contributed by atoms with E-state index in [0.29, 0.717) is 58.3 Å². The fourth-order valence-corrected chi connectivity index (χ4v) is 8.63. The van der Waals surface area contributed by atoms with Crippen molar-refractivity contribution in [2.75, 3.05) is 19.6 Å². The minimum atomic E-state index is -1.04. The second-order valence-corrected chi connectivity index (χ2v) is 16.5. The van der Waals surface area contributed by atoms with Crippen LogP contribution >= 0.6 is 0 Å². The van der Waals surface area contributed by atoms with Crippen LogP contribution in [0, 0.1) is 12.8 Å². The number of nitrogens with one attached hydrogen (secondary N) is 2. The molecule has 6 N–H and O–H groups in total. The highest BCUT2D eigenvalue weighted by Gasteiger charge is 2.38. The number of likely N-dealkylation sites (tertiary alicyclic amines) is 1. The lowest BCUT2D eigenvalue weighted by Gasteiger charge is -2.38. The number of amides is 3. The average Bonchev–Trinajstić information content (AvgIpc) is 3.53. The molecule has 4 aromatic carbocycles. The van der Waals surface area contributed by atoms with E-state index in [0.717, 1.165) is 46.7 Å². The van der Waals surface area contributed by atoms with Gasteiger partial charge in [0.25, 0.3) is 0 Å². The molecule has 1 aromatic heterocycles. The molecule has 1 fully saturated rings. The van der Waals surface area contributed by atoms with Crippen LogP contribution < -0.4 is 33.5 Å². The van der Waals surface area contributed by atoms with Gasteiger partial charge in [0.05, 0.1) is 18.6 Å². The van der Waals surface area contributed by atoms with Crippen LogP contribution in [0.4, 0.5) is 0 Å². The minimum absolute atomic E-state index is 0.0348. The van der Waals surface area contributed by atoms with Gasteiger partial charge >= 0.3 is 11.4 Å². The number of carbonyl (C=O) groups excluding carboxylic acids is 3. The normalized spacial score (nSPS) is 16.9. The molecule has 13 heteroatoms. The molecule has 320 valence electrons. The lowest BCUT2D eigenvalue weighted by molar-refractivity contribution is -0.134. The summed E-state index contributed by atoms with van der Waals surface area (Å²) in [6.07, 6.45) is 8.88. The van der Waals surface area contributed by atoms with Crippen molar-refractivity contribution in [3.8, 4) is 0 Å². The molecule has 7 rings (SSSR count). The van der Waals surface area contributed by atoms with Gasteiger partial charge in [-0.25, -0.2) is 23.5 Å². The molecule has 3 atom stereocenters. The first kappa shape index (κ1) is 43.1. The second-order valence-electron chi connectivity index (χ2n) is 16.5. The van der Waals surface area contributed by atoms with Gasteiger partial charge in [-0.15, -0.1) is 0 Å². The summed E-state index contributed by atoms with van der Waals surface area (Å²) < 4.78 is 4.00. The van der Waals surface area contributed by atoms with Gasteiger partial charge in [0, 0.05) is 39.1 Å². The fourth-order valence-electron chi connectivity index (χ4n) is 8.63. The lowest BCUT2D eigenvalue weighted by atomic mass is 9.88. The molecule has 0 spiro atoms. The van der Waals surface area contributed by atoms with Gasteiger partial charge in [0.15, 0.2) is 6.04 Å². The maximum Gasteiger partial charge on any atom is 0.348 e. The molecular formula is C48H58N8O5. The summed E-state index contributed by atoms with van der Waals surface area (Å²) in [7, 11) is 0. The monoisotopic (exact) mass is 826 g/mol. The summed E-state index contributed by atoms with van der Waals surface area (Å²) in [5, 5.41) is 7.89. The molecule has 61 heavy (non-hydrogen) atoms. The molecule has 3 amide bonds. The number of nitrogens with zero attached hydrogens (tertiary/aromatic N) is 4. The molecule has 2 aliphatic heterocycles. The number of aryl methyl sites for hydroxylation is 2. The zero-order chi connectivity index (χ0) is 42.9. The molecule has 0 aliphatic carbocycles.